The van der Waals surface area contributed by atoms with Gasteiger partial charge in [0.05, 0.1) is 17.8 Å². The van der Waals surface area contributed by atoms with Gasteiger partial charge in [-0.15, -0.1) is 5.06 Å². The fourth-order valence-corrected chi connectivity index (χ4v) is 3.91. The molecule has 7 heteroatoms. The fourth-order valence-electron chi connectivity index (χ4n) is 3.91. The molecule has 2 atom stereocenters. The largest absolute Gasteiger partial charge is 0.383 e. The van der Waals surface area contributed by atoms with Gasteiger partial charge in [0, 0.05) is 16.3 Å². The SMILES string of the molecule is Nc1nc(N)c2ccc(CN3OC3c3cc4cc5ccccc5cc4[nH]3)cc2n1. The predicted octanol–water partition coefficient (Wildman–Crippen LogP) is 3.87. The number of hydrogen-bond donors (Lipinski definition) is 3. The summed E-state index contributed by atoms with van der Waals surface area (Å²) in [7, 11) is 0. The van der Waals surface area contributed by atoms with Gasteiger partial charge >= 0.3 is 0 Å². The van der Waals surface area contributed by atoms with Crippen LogP contribution >= 0.6 is 0 Å². The van der Waals surface area contributed by atoms with E-state index in [2.05, 4.69) is 57.4 Å². The van der Waals surface area contributed by atoms with Crippen molar-refractivity contribution in [2.75, 3.05) is 11.5 Å². The third kappa shape index (κ3) is 2.75. The Morgan fingerprint density at radius 3 is 2.62 bits per heavy atom. The maximum atomic E-state index is 5.92. The third-order valence-electron chi connectivity index (χ3n) is 5.37. The van der Waals surface area contributed by atoms with E-state index >= 15 is 0 Å². The van der Waals surface area contributed by atoms with Crippen LogP contribution in [-0.4, -0.2) is 20.0 Å². The number of hydrogen-bond acceptors (Lipinski definition) is 6. The Hall–Kier alpha value is -3.68. The molecule has 2 aromatic heterocycles. The van der Waals surface area contributed by atoms with Crippen LogP contribution < -0.4 is 11.5 Å². The van der Waals surface area contributed by atoms with Crippen molar-refractivity contribution < 1.29 is 4.84 Å². The van der Waals surface area contributed by atoms with E-state index in [1.807, 2.05) is 23.3 Å². The lowest BCUT2D eigenvalue weighted by Crippen LogP contribution is -2.02. The number of nitrogens with one attached hydrogen (secondary N) is 1. The van der Waals surface area contributed by atoms with Crippen molar-refractivity contribution in [1.82, 2.24) is 20.0 Å². The lowest BCUT2D eigenvalue weighted by atomic mass is 10.1. The van der Waals surface area contributed by atoms with Crippen LogP contribution in [0.4, 0.5) is 11.8 Å². The first kappa shape index (κ1) is 16.3. The minimum absolute atomic E-state index is 0.0817. The van der Waals surface area contributed by atoms with Gasteiger partial charge in [0.25, 0.3) is 0 Å². The summed E-state index contributed by atoms with van der Waals surface area (Å²) in [5.41, 5.74) is 15.6. The molecule has 5 N–H and O–H groups in total. The van der Waals surface area contributed by atoms with E-state index in [0.717, 1.165) is 27.7 Å². The van der Waals surface area contributed by atoms with Crippen LogP contribution in [0, 0.1) is 0 Å². The van der Waals surface area contributed by atoms with Crippen molar-refractivity contribution >= 4 is 44.3 Å². The van der Waals surface area contributed by atoms with Crippen LogP contribution in [0.3, 0.4) is 0 Å². The van der Waals surface area contributed by atoms with Gasteiger partial charge in [-0.2, -0.15) is 4.98 Å². The molecular weight excluding hydrogens is 364 g/mol. The van der Waals surface area contributed by atoms with E-state index in [4.69, 9.17) is 16.3 Å². The van der Waals surface area contributed by atoms with Crippen LogP contribution in [0.1, 0.15) is 17.5 Å². The molecule has 7 nitrogen and oxygen atoms in total. The lowest BCUT2D eigenvalue weighted by molar-refractivity contribution is 0.192. The Morgan fingerprint density at radius 1 is 0.931 bits per heavy atom. The number of hydroxylamine groups is 2. The summed E-state index contributed by atoms with van der Waals surface area (Å²) in [6.07, 6.45) is -0.0817. The van der Waals surface area contributed by atoms with E-state index in [0.29, 0.717) is 12.4 Å². The molecule has 0 radical (unpaired) electrons. The molecule has 0 aliphatic carbocycles. The van der Waals surface area contributed by atoms with Gasteiger partial charge in [-0.25, -0.2) is 4.98 Å². The number of H-pyrrole nitrogens is 1. The summed E-state index contributed by atoms with van der Waals surface area (Å²) in [4.78, 5) is 17.6. The monoisotopic (exact) mass is 382 g/mol. The van der Waals surface area contributed by atoms with E-state index in [9.17, 15) is 0 Å². The number of aromatic nitrogens is 3. The Bertz CT molecular complexity index is 1360. The molecule has 0 bridgehead atoms. The van der Waals surface area contributed by atoms with Gasteiger partial charge in [-0.05, 0) is 46.7 Å². The van der Waals surface area contributed by atoms with Crippen molar-refractivity contribution in [2.24, 2.45) is 0 Å². The highest BCUT2D eigenvalue weighted by atomic mass is 16.8. The molecule has 1 aliphatic heterocycles. The Balaban J connectivity index is 1.27. The Kier molecular flexibility index (Phi) is 3.32. The van der Waals surface area contributed by atoms with Crippen molar-refractivity contribution in [3.63, 3.8) is 0 Å². The zero-order valence-corrected chi connectivity index (χ0v) is 15.5. The minimum Gasteiger partial charge on any atom is -0.383 e. The molecule has 3 heterocycles. The quantitative estimate of drug-likeness (QED) is 0.409. The average Bonchev–Trinajstić information content (AvgIpc) is 3.34. The molecule has 0 amide bonds. The normalized spacial score (nSPS) is 18.6. The number of rotatable bonds is 3. The average molecular weight is 382 g/mol. The van der Waals surface area contributed by atoms with Crippen LogP contribution in [0.2, 0.25) is 0 Å². The molecular formula is C22H18N6O. The zero-order valence-electron chi connectivity index (χ0n) is 15.5. The van der Waals surface area contributed by atoms with Gasteiger partial charge in [0.15, 0.2) is 6.23 Å². The molecule has 6 rings (SSSR count). The first-order chi connectivity index (χ1) is 14.1. The predicted molar refractivity (Wildman–Crippen MR) is 114 cm³/mol. The van der Waals surface area contributed by atoms with Gasteiger partial charge in [0.2, 0.25) is 5.95 Å². The second kappa shape index (κ2) is 5.91. The maximum absolute atomic E-state index is 5.92. The Morgan fingerprint density at radius 2 is 1.76 bits per heavy atom. The summed E-state index contributed by atoms with van der Waals surface area (Å²) >= 11 is 0. The van der Waals surface area contributed by atoms with E-state index in [-0.39, 0.29) is 12.2 Å². The summed E-state index contributed by atoms with van der Waals surface area (Å²) in [5, 5.41) is 6.37. The second-order valence-corrected chi connectivity index (χ2v) is 7.36. The fraction of sp³-hybridized carbons (Fsp3) is 0.0909. The highest BCUT2D eigenvalue weighted by molar-refractivity contribution is 5.97. The van der Waals surface area contributed by atoms with Gasteiger partial charge in [0.1, 0.15) is 5.82 Å². The number of benzene rings is 3. The van der Waals surface area contributed by atoms with E-state index in [1.54, 1.807) is 0 Å². The molecule has 1 aliphatic rings. The highest BCUT2D eigenvalue weighted by Gasteiger charge is 2.39. The van der Waals surface area contributed by atoms with Gasteiger partial charge < -0.3 is 16.5 Å². The number of aromatic amines is 1. The first-order valence-electron chi connectivity index (χ1n) is 9.40. The molecule has 142 valence electrons. The van der Waals surface area contributed by atoms with Crippen molar-refractivity contribution in [3.8, 4) is 0 Å². The molecule has 0 spiro atoms. The number of nitrogens with zero attached hydrogens (tertiary/aromatic N) is 3. The van der Waals surface area contributed by atoms with Crippen LogP contribution in [0.15, 0.2) is 60.7 Å². The zero-order chi connectivity index (χ0) is 19.5. The number of anilines is 2. The number of nitrogen functional groups attached to an aromatic ring is 2. The summed E-state index contributed by atoms with van der Waals surface area (Å²) < 4.78 is 0. The molecule has 29 heavy (non-hydrogen) atoms. The van der Waals surface area contributed by atoms with Crippen LogP contribution in [0.5, 0.6) is 0 Å². The smallest absolute Gasteiger partial charge is 0.222 e. The Labute approximate surface area is 165 Å². The van der Waals surface area contributed by atoms with Crippen molar-refractivity contribution in [3.05, 3.63) is 71.9 Å². The highest BCUT2D eigenvalue weighted by Crippen LogP contribution is 2.39. The summed E-state index contributed by atoms with van der Waals surface area (Å²) in [6.45, 7) is 0.641. The number of fused-ring (bicyclic) bond motifs is 3. The number of nitrogens with two attached hydrogens (primary N) is 2. The van der Waals surface area contributed by atoms with Crippen LogP contribution in [0.25, 0.3) is 32.6 Å². The molecule has 1 saturated heterocycles. The van der Waals surface area contributed by atoms with E-state index < -0.39 is 0 Å². The second-order valence-electron chi connectivity index (χ2n) is 7.36. The topological polar surface area (TPSA) is 109 Å². The van der Waals surface area contributed by atoms with Gasteiger partial charge in [-0.3, -0.25) is 4.84 Å². The minimum atomic E-state index is -0.0817. The molecule has 2 unspecified atom stereocenters. The maximum Gasteiger partial charge on any atom is 0.222 e. The van der Waals surface area contributed by atoms with E-state index in [1.165, 1.54) is 16.2 Å². The van der Waals surface area contributed by atoms with Crippen LogP contribution in [-0.2, 0) is 11.4 Å². The third-order valence-corrected chi connectivity index (χ3v) is 5.37. The van der Waals surface area contributed by atoms with Crippen molar-refractivity contribution in [1.29, 1.82) is 0 Å². The van der Waals surface area contributed by atoms with Gasteiger partial charge in [-0.1, -0.05) is 30.3 Å². The molecule has 3 aromatic carbocycles. The first-order valence-corrected chi connectivity index (χ1v) is 9.40. The lowest BCUT2D eigenvalue weighted by Gasteiger charge is -2.05. The standard InChI is InChI=1S/C22H18N6O/c23-20-16-6-5-12(7-18(16)26-22(24)27-20)11-28-21(29-28)19-10-15-8-13-3-1-2-4-14(13)9-17(15)25-19/h1-10,21,25H,11H2,(H4,23,24,26,27). The molecule has 5 aromatic rings. The summed E-state index contributed by atoms with van der Waals surface area (Å²) in [6, 6.07) is 20.8. The summed E-state index contributed by atoms with van der Waals surface area (Å²) in [5.74, 6) is 0.573. The molecule has 0 saturated carbocycles. The van der Waals surface area contributed by atoms with Crippen molar-refractivity contribution in [2.45, 2.75) is 12.8 Å². The molecule has 1 fully saturated rings.